The number of nitrogens with two attached hydrogens (primary N) is 1. The van der Waals surface area contributed by atoms with E-state index >= 15 is 0 Å². The van der Waals surface area contributed by atoms with Crippen LogP contribution < -0.4 is 5.73 Å². The van der Waals surface area contributed by atoms with E-state index in [1.165, 1.54) is 0 Å². The summed E-state index contributed by atoms with van der Waals surface area (Å²) in [6, 6.07) is 2.84. The summed E-state index contributed by atoms with van der Waals surface area (Å²) in [5.74, 6) is -0.257. The Kier molecular flexibility index (Phi) is 3.52. The fourth-order valence-electron chi connectivity index (χ4n) is 1.16. The molecule has 1 rings (SSSR count). The molecule has 0 unspecified atom stereocenters. The first-order chi connectivity index (χ1) is 7.10. The number of aromatic hydroxyl groups is 1. The molecule has 1 heterocycles. The molecule has 0 radical (unpaired) electrons. The lowest BCUT2D eigenvalue weighted by Gasteiger charge is -2.08. The second-order valence-electron chi connectivity index (χ2n) is 2.84. The highest BCUT2D eigenvalue weighted by atomic mass is 19.3. The number of hydrogen-bond donors (Lipinski definition) is 2. The molecule has 4 nitrogen and oxygen atoms in total. The molecule has 80 valence electrons. The largest absolute Gasteiger partial charge is 0.506 e. The minimum atomic E-state index is -2.78. The minimum absolute atomic E-state index is 0.00647. The molecule has 0 aliphatic heterocycles. The zero-order valence-electron chi connectivity index (χ0n) is 7.74. The molecule has 0 aromatic carbocycles. The molecule has 0 fully saturated rings. The van der Waals surface area contributed by atoms with Crippen molar-refractivity contribution in [1.82, 2.24) is 4.98 Å². The Hall–Kier alpha value is -1.74. The van der Waals surface area contributed by atoms with Gasteiger partial charge >= 0.3 is 0 Å². The van der Waals surface area contributed by atoms with Crippen LogP contribution in [0.3, 0.4) is 0 Å². The molecule has 3 N–H and O–H groups in total. The summed E-state index contributed by atoms with van der Waals surface area (Å²) in [6.07, 6.45) is -3.00. The third kappa shape index (κ3) is 2.39. The predicted octanol–water partition coefficient (Wildman–Crippen LogP) is 1.25. The fraction of sp³-hybridized carbons (Fsp3) is 0.333. The van der Waals surface area contributed by atoms with Gasteiger partial charge in [-0.25, -0.2) is 13.8 Å². The number of nitrogens with zero attached hydrogens (tertiary/aromatic N) is 2. The minimum Gasteiger partial charge on any atom is -0.506 e. The monoisotopic (exact) mass is 213 g/mol. The Morgan fingerprint density at radius 2 is 2.27 bits per heavy atom. The molecule has 0 spiro atoms. The van der Waals surface area contributed by atoms with Crippen molar-refractivity contribution in [3.05, 3.63) is 23.0 Å². The highest BCUT2D eigenvalue weighted by molar-refractivity contribution is 5.36. The van der Waals surface area contributed by atoms with Gasteiger partial charge in [-0.1, -0.05) is 0 Å². The van der Waals surface area contributed by atoms with E-state index in [2.05, 4.69) is 4.98 Å². The Balaban J connectivity index is 3.26. The predicted molar refractivity (Wildman–Crippen MR) is 48.1 cm³/mol. The average molecular weight is 213 g/mol. The smallest absolute Gasteiger partial charge is 0.280 e. The van der Waals surface area contributed by atoms with Crippen molar-refractivity contribution in [2.45, 2.75) is 19.4 Å². The van der Waals surface area contributed by atoms with Crippen LogP contribution in [0, 0.1) is 11.3 Å². The van der Waals surface area contributed by atoms with E-state index in [0.717, 1.165) is 6.07 Å². The fourth-order valence-corrected chi connectivity index (χ4v) is 1.16. The van der Waals surface area contributed by atoms with Gasteiger partial charge in [-0.05, 0) is 11.6 Å². The van der Waals surface area contributed by atoms with Crippen LogP contribution in [-0.2, 0) is 13.0 Å². The molecule has 6 heteroatoms. The number of hydrogen-bond acceptors (Lipinski definition) is 4. The van der Waals surface area contributed by atoms with E-state index in [-0.39, 0.29) is 30.0 Å². The Labute approximate surface area is 85.0 Å². The molecule has 0 aliphatic rings. The second kappa shape index (κ2) is 4.66. The van der Waals surface area contributed by atoms with Crippen LogP contribution >= 0.6 is 0 Å². The number of halogens is 2. The average Bonchev–Trinajstić information content (AvgIpc) is 2.18. The van der Waals surface area contributed by atoms with Gasteiger partial charge in [0, 0.05) is 6.54 Å². The van der Waals surface area contributed by atoms with E-state index in [9.17, 15) is 13.9 Å². The lowest BCUT2D eigenvalue weighted by molar-refractivity contribution is 0.144. The van der Waals surface area contributed by atoms with Crippen LogP contribution in [-0.4, -0.2) is 10.1 Å². The zero-order chi connectivity index (χ0) is 11.4. The number of alkyl halides is 2. The van der Waals surface area contributed by atoms with Gasteiger partial charge < -0.3 is 10.8 Å². The number of pyridine rings is 1. The van der Waals surface area contributed by atoms with E-state index in [0.29, 0.717) is 0 Å². The SMILES string of the molecule is N#CCc1cc(O)c(CN)nc1C(F)F. The topological polar surface area (TPSA) is 82.9 Å². The summed E-state index contributed by atoms with van der Waals surface area (Å²) < 4.78 is 25.0. The molecule has 1 aromatic heterocycles. The van der Waals surface area contributed by atoms with Gasteiger partial charge in [0.25, 0.3) is 6.43 Å². The highest BCUT2D eigenvalue weighted by Gasteiger charge is 2.17. The lowest BCUT2D eigenvalue weighted by atomic mass is 10.1. The van der Waals surface area contributed by atoms with Crippen molar-refractivity contribution in [2.24, 2.45) is 5.73 Å². The molecular formula is C9H9F2N3O. The van der Waals surface area contributed by atoms with Crippen LogP contribution in [0.15, 0.2) is 6.07 Å². The summed E-state index contributed by atoms with van der Waals surface area (Å²) in [5.41, 5.74) is 4.76. The molecule has 0 aliphatic carbocycles. The molecule has 0 saturated heterocycles. The van der Waals surface area contributed by atoms with Crippen LogP contribution in [0.1, 0.15) is 23.4 Å². The first kappa shape index (κ1) is 11.3. The van der Waals surface area contributed by atoms with E-state index in [4.69, 9.17) is 11.0 Å². The number of nitriles is 1. The summed E-state index contributed by atoms with van der Waals surface area (Å²) >= 11 is 0. The normalized spacial score (nSPS) is 10.3. The first-order valence-corrected chi connectivity index (χ1v) is 4.17. The quantitative estimate of drug-likeness (QED) is 0.791. The maximum atomic E-state index is 12.5. The molecule has 0 atom stereocenters. The standard InChI is InChI=1S/C9H9F2N3O/c10-9(11)8-5(1-2-12)3-7(15)6(4-13)14-8/h3,9,15H,1,4,13H2. The van der Waals surface area contributed by atoms with Gasteiger partial charge in [0.05, 0.1) is 18.2 Å². The van der Waals surface area contributed by atoms with Gasteiger partial charge in [-0.15, -0.1) is 0 Å². The van der Waals surface area contributed by atoms with E-state index in [1.807, 2.05) is 0 Å². The molecule has 0 saturated carbocycles. The molecule has 15 heavy (non-hydrogen) atoms. The lowest BCUT2D eigenvalue weighted by Crippen LogP contribution is -2.06. The van der Waals surface area contributed by atoms with Crippen LogP contribution in [0.2, 0.25) is 0 Å². The van der Waals surface area contributed by atoms with Crippen molar-refractivity contribution in [2.75, 3.05) is 0 Å². The van der Waals surface area contributed by atoms with Crippen molar-refractivity contribution in [3.8, 4) is 11.8 Å². The molecular weight excluding hydrogens is 204 g/mol. The van der Waals surface area contributed by atoms with Crippen LogP contribution in [0.4, 0.5) is 8.78 Å². The van der Waals surface area contributed by atoms with Gasteiger partial charge in [-0.3, -0.25) is 0 Å². The van der Waals surface area contributed by atoms with E-state index < -0.39 is 12.1 Å². The van der Waals surface area contributed by atoms with Gasteiger partial charge in [0.2, 0.25) is 0 Å². The molecule has 0 amide bonds. The van der Waals surface area contributed by atoms with Gasteiger partial charge in [0.1, 0.15) is 11.4 Å². The Morgan fingerprint density at radius 3 is 2.73 bits per heavy atom. The van der Waals surface area contributed by atoms with Gasteiger partial charge in [0.15, 0.2) is 0 Å². The summed E-state index contributed by atoms with van der Waals surface area (Å²) in [5, 5.41) is 17.7. The third-order valence-electron chi connectivity index (χ3n) is 1.86. The van der Waals surface area contributed by atoms with Crippen molar-refractivity contribution < 1.29 is 13.9 Å². The van der Waals surface area contributed by atoms with Crippen LogP contribution in [0.25, 0.3) is 0 Å². The number of aromatic nitrogens is 1. The second-order valence-corrected chi connectivity index (χ2v) is 2.84. The summed E-state index contributed by atoms with van der Waals surface area (Å²) in [7, 11) is 0. The molecule has 1 aromatic rings. The maximum absolute atomic E-state index is 12.5. The highest BCUT2D eigenvalue weighted by Crippen LogP contribution is 2.26. The van der Waals surface area contributed by atoms with Crippen molar-refractivity contribution in [3.63, 3.8) is 0 Å². The Bertz CT molecular complexity index is 401. The molecule has 0 bridgehead atoms. The van der Waals surface area contributed by atoms with Crippen LogP contribution in [0.5, 0.6) is 5.75 Å². The summed E-state index contributed by atoms with van der Waals surface area (Å²) in [6.45, 7) is -0.127. The first-order valence-electron chi connectivity index (χ1n) is 4.17. The zero-order valence-corrected chi connectivity index (χ0v) is 7.74. The Morgan fingerprint density at radius 1 is 1.60 bits per heavy atom. The summed E-state index contributed by atoms with van der Waals surface area (Å²) in [4.78, 5) is 3.53. The third-order valence-corrected chi connectivity index (χ3v) is 1.86. The van der Waals surface area contributed by atoms with Gasteiger partial charge in [-0.2, -0.15) is 5.26 Å². The van der Waals surface area contributed by atoms with Crippen molar-refractivity contribution in [1.29, 1.82) is 5.26 Å². The van der Waals surface area contributed by atoms with Crippen molar-refractivity contribution >= 4 is 0 Å². The maximum Gasteiger partial charge on any atom is 0.280 e. The number of rotatable bonds is 3. The van der Waals surface area contributed by atoms with E-state index in [1.54, 1.807) is 6.07 Å².